The molecule has 0 saturated heterocycles. The summed E-state index contributed by atoms with van der Waals surface area (Å²) < 4.78 is 2.16. The average Bonchev–Trinajstić information content (AvgIpc) is 2.86. The highest BCUT2D eigenvalue weighted by atomic mass is 16.1. The Kier molecular flexibility index (Phi) is 4.64. The Morgan fingerprint density at radius 1 is 1.12 bits per heavy atom. The number of carbonyl (C=O) groups is 1. The molecule has 0 bridgehead atoms. The second-order valence-electron chi connectivity index (χ2n) is 6.76. The zero-order valence-electron chi connectivity index (χ0n) is 15.3. The third kappa shape index (κ3) is 3.17. The molecule has 130 valence electrons. The minimum absolute atomic E-state index is 0.0161. The van der Waals surface area contributed by atoms with Gasteiger partial charge in [-0.15, -0.1) is 0 Å². The number of nitrogens with two attached hydrogens (primary N) is 1. The molecule has 0 aliphatic heterocycles. The Labute approximate surface area is 148 Å². The molecule has 25 heavy (non-hydrogen) atoms. The van der Waals surface area contributed by atoms with Gasteiger partial charge in [0.05, 0.1) is 6.04 Å². The number of hydrogen-bond donors (Lipinski definition) is 1. The molecule has 0 radical (unpaired) electrons. The van der Waals surface area contributed by atoms with Crippen molar-refractivity contribution in [3.05, 3.63) is 65.4 Å². The summed E-state index contributed by atoms with van der Waals surface area (Å²) in [5.74, 6) is -0.0161. The third-order valence-corrected chi connectivity index (χ3v) is 4.96. The van der Waals surface area contributed by atoms with Crippen LogP contribution in [0.3, 0.4) is 0 Å². The fourth-order valence-electron chi connectivity index (χ4n) is 3.31. The van der Waals surface area contributed by atoms with E-state index in [-0.39, 0.29) is 5.78 Å². The molecule has 1 heterocycles. The predicted molar refractivity (Wildman–Crippen MR) is 104 cm³/mol. The quantitative estimate of drug-likeness (QED) is 0.728. The normalized spacial score (nSPS) is 12.4. The number of anilines is 1. The first kappa shape index (κ1) is 17.2. The van der Waals surface area contributed by atoms with E-state index < -0.39 is 6.04 Å². The van der Waals surface area contributed by atoms with Crippen molar-refractivity contribution >= 4 is 22.4 Å². The van der Waals surface area contributed by atoms with Gasteiger partial charge in [0.1, 0.15) is 0 Å². The molecule has 0 saturated carbocycles. The molecule has 0 fully saturated rings. The molecule has 3 aromatic rings. The van der Waals surface area contributed by atoms with Gasteiger partial charge in [-0.2, -0.15) is 0 Å². The number of aromatic nitrogens is 1. The first-order chi connectivity index (χ1) is 11.9. The number of ketones is 1. The maximum atomic E-state index is 12.7. The number of rotatable bonds is 5. The lowest BCUT2D eigenvalue weighted by Crippen LogP contribution is -2.33. The van der Waals surface area contributed by atoms with E-state index in [9.17, 15) is 4.79 Å². The third-order valence-electron chi connectivity index (χ3n) is 4.96. The summed E-state index contributed by atoms with van der Waals surface area (Å²) in [4.78, 5) is 14.7. The van der Waals surface area contributed by atoms with Crippen LogP contribution in [0.5, 0.6) is 0 Å². The largest absolute Gasteiger partial charge is 0.378 e. The molecular formula is C21H25N3O. The SMILES string of the molecule is Cc1c(CC(N)C(=O)c2ccc(N(C)C)cc2)c2ccccc2n1C. The van der Waals surface area contributed by atoms with Crippen LogP contribution in [0.4, 0.5) is 5.69 Å². The zero-order valence-corrected chi connectivity index (χ0v) is 15.3. The molecular weight excluding hydrogens is 310 g/mol. The van der Waals surface area contributed by atoms with Gasteiger partial charge in [0.15, 0.2) is 5.78 Å². The van der Waals surface area contributed by atoms with Crippen molar-refractivity contribution < 1.29 is 4.79 Å². The van der Waals surface area contributed by atoms with Gasteiger partial charge in [-0.1, -0.05) is 18.2 Å². The smallest absolute Gasteiger partial charge is 0.179 e. The van der Waals surface area contributed by atoms with Crippen LogP contribution in [0.1, 0.15) is 21.6 Å². The van der Waals surface area contributed by atoms with Crippen LogP contribution in [0, 0.1) is 6.92 Å². The zero-order chi connectivity index (χ0) is 18.1. The van der Waals surface area contributed by atoms with Crippen molar-refractivity contribution in [3.8, 4) is 0 Å². The summed E-state index contributed by atoms with van der Waals surface area (Å²) in [7, 11) is 6.01. The van der Waals surface area contributed by atoms with Crippen LogP contribution in [-0.4, -0.2) is 30.5 Å². The van der Waals surface area contributed by atoms with Gasteiger partial charge in [-0.25, -0.2) is 0 Å². The predicted octanol–water partition coefficient (Wildman–Crippen LogP) is 3.31. The van der Waals surface area contributed by atoms with Gasteiger partial charge in [-0.3, -0.25) is 4.79 Å². The number of benzene rings is 2. The van der Waals surface area contributed by atoms with Gasteiger partial charge in [0.2, 0.25) is 0 Å². The summed E-state index contributed by atoms with van der Waals surface area (Å²) in [6.45, 7) is 2.08. The maximum Gasteiger partial charge on any atom is 0.179 e. The van der Waals surface area contributed by atoms with Crippen molar-refractivity contribution in [3.63, 3.8) is 0 Å². The molecule has 0 aliphatic rings. The molecule has 2 aromatic carbocycles. The Bertz CT molecular complexity index is 907. The lowest BCUT2D eigenvalue weighted by Gasteiger charge is -2.14. The van der Waals surface area contributed by atoms with Crippen LogP contribution >= 0.6 is 0 Å². The van der Waals surface area contributed by atoms with Crippen LogP contribution < -0.4 is 10.6 Å². The van der Waals surface area contributed by atoms with E-state index in [0.29, 0.717) is 12.0 Å². The molecule has 2 N–H and O–H groups in total. The Morgan fingerprint density at radius 3 is 2.40 bits per heavy atom. The van der Waals surface area contributed by atoms with Gasteiger partial charge >= 0.3 is 0 Å². The second-order valence-corrected chi connectivity index (χ2v) is 6.76. The summed E-state index contributed by atoms with van der Waals surface area (Å²) >= 11 is 0. The molecule has 4 heteroatoms. The topological polar surface area (TPSA) is 51.3 Å². The Balaban J connectivity index is 1.86. The number of carbonyl (C=O) groups excluding carboxylic acids is 1. The van der Waals surface area contributed by atoms with E-state index in [4.69, 9.17) is 5.73 Å². The number of nitrogens with zero attached hydrogens (tertiary/aromatic N) is 2. The van der Waals surface area contributed by atoms with E-state index in [1.165, 1.54) is 10.9 Å². The van der Waals surface area contributed by atoms with Crippen molar-refractivity contribution in [1.29, 1.82) is 0 Å². The number of Topliss-reactive ketones (excluding diaryl/α,β-unsaturated/α-hetero) is 1. The highest BCUT2D eigenvalue weighted by Gasteiger charge is 2.20. The number of aryl methyl sites for hydroxylation is 1. The molecule has 0 aliphatic carbocycles. The highest BCUT2D eigenvalue weighted by Crippen LogP contribution is 2.26. The second kappa shape index (κ2) is 6.73. The van der Waals surface area contributed by atoms with Gasteiger partial charge < -0.3 is 15.2 Å². The van der Waals surface area contributed by atoms with Gasteiger partial charge in [0, 0.05) is 49.0 Å². The highest BCUT2D eigenvalue weighted by molar-refractivity contribution is 6.00. The molecule has 1 atom stereocenters. The summed E-state index contributed by atoms with van der Waals surface area (Å²) in [5, 5.41) is 1.17. The molecule has 4 nitrogen and oxygen atoms in total. The molecule has 1 unspecified atom stereocenters. The minimum atomic E-state index is -0.547. The maximum absolute atomic E-state index is 12.7. The number of para-hydroxylation sites is 1. The summed E-state index contributed by atoms with van der Waals surface area (Å²) in [6.07, 6.45) is 0.543. The fraction of sp³-hybridized carbons (Fsp3) is 0.286. The van der Waals surface area contributed by atoms with Crippen LogP contribution in [-0.2, 0) is 13.5 Å². The minimum Gasteiger partial charge on any atom is -0.378 e. The average molecular weight is 335 g/mol. The monoisotopic (exact) mass is 335 g/mol. The fourth-order valence-corrected chi connectivity index (χ4v) is 3.31. The standard InChI is InChI=1S/C21H25N3O/c1-14-18(17-7-5-6-8-20(17)24(14)4)13-19(22)21(25)15-9-11-16(12-10-15)23(2)3/h5-12,19H,13,22H2,1-4H3. The van der Waals surface area contributed by atoms with Crippen LogP contribution in [0.2, 0.25) is 0 Å². The first-order valence-electron chi connectivity index (χ1n) is 8.50. The van der Waals surface area contributed by atoms with Crippen molar-refractivity contribution in [2.75, 3.05) is 19.0 Å². The van der Waals surface area contributed by atoms with Crippen molar-refractivity contribution in [2.45, 2.75) is 19.4 Å². The molecule has 0 amide bonds. The van der Waals surface area contributed by atoms with Gasteiger partial charge in [0.25, 0.3) is 0 Å². The van der Waals surface area contributed by atoms with E-state index in [1.54, 1.807) is 0 Å². The van der Waals surface area contributed by atoms with Crippen molar-refractivity contribution in [2.24, 2.45) is 12.8 Å². The van der Waals surface area contributed by atoms with E-state index in [1.807, 2.05) is 55.4 Å². The molecule has 3 rings (SSSR count). The van der Waals surface area contributed by atoms with Crippen molar-refractivity contribution in [1.82, 2.24) is 4.57 Å². The van der Waals surface area contributed by atoms with Crippen LogP contribution in [0.25, 0.3) is 10.9 Å². The molecule has 0 spiro atoms. The first-order valence-corrected chi connectivity index (χ1v) is 8.50. The van der Waals surface area contributed by atoms with E-state index in [2.05, 4.69) is 30.7 Å². The summed E-state index contributed by atoms with van der Waals surface area (Å²) in [6, 6.07) is 15.3. The number of hydrogen-bond acceptors (Lipinski definition) is 3. The van der Waals surface area contributed by atoms with Crippen LogP contribution in [0.15, 0.2) is 48.5 Å². The van der Waals surface area contributed by atoms with Gasteiger partial charge in [-0.05, 0) is 49.2 Å². The lowest BCUT2D eigenvalue weighted by molar-refractivity contribution is 0.0961. The lowest BCUT2D eigenvalue weighted by atomic mass is 9.96. The molecule has 1 aromatic heterocycles. The Hall–Kier alpha value is -2.59. The summed E-state index contributed by atoms with van der Waals surface area (Å²) in [5.41, 5.74) is 11.5. The Morgan fingerprint density at radius 2 is 1.76 bits per heavy atom. The number of fused-ring (bicyclic) bond motifs is 1. The van der Waals surface area contributed by atoms with E-state index >= 15 is 0 Å². The van der Waals surface area contributed by atoms with E-state index in [0.717, 1.165) is 16.9 Å².